The topological polar surface area (TPSA) is 61.0 Å². The highest BCUT2D eigenvalue weighted by Gasteiger charge is 2.19. The lowest BCUT2D eigenvalue weighted by Gasteiger charge is -2.26. The van der Waals surface area contributed by atoms with Gasteiger partial charge in [0.2, 0.25) is 5.91 Å². The van der Waals surface area contributed by atoms with Gasteiger partial charge in [0.25, 0.3) is 0 Å². The standard InChI is InChI=1S/C27H24N4O/c32-27-17-31(12-11-29-27)16-18-1-3-19(4-2-18)22-14-24-23(6-8-26(24)30-15-22)20-5-7-25-21(13-20)9-10-28-25/h1-7,9-10,13-15,28H,8,11-12,16-17H2,(H,29,32). The summed E-state index contributed by atoms with van der Waals surface area (Å²) >= 11 is 0. The van der Waals surface area contributed by atoms with Gasteiger partial charge in [-0.2, -0.15) is 0 Å². The van der Waals surface area contributed by atoms with Crippen molar-refractivity contribution >= 4 is 22.4 Å². The molecule has 1 saturated heterocycles. The number of allylic oxidation sites excluding steroid dienone is 1. The summed E-state index contributed by atoms with van der Waals surface area (Å²) in [5, 5.41) is 4.10. The van der Waals surface area contributed by atoms with Crippen molar-refractivity contribution < 1.29 is 4.79 Å². The van der Waals surface area contributed by atoms with E-state index in [9.17, 15) is 4.79 Å². The zero-order valence-electron chi connectivity index (χ0n) is 17.8. The molecule has 3 heterocycles. The molecule has 0 bridgehead atoms. The molecule has 158 valence electrons. The van der Waals surface area contributed by atoms with Gasteiger partial charge in [0, 0.05) is 55.1 Å². The average molecular weight is 421 g/mol. The normalized spacial score (nSPS) is 16.1. The van der Waals surface area contributed by atoms with Crippen molar-refractivity contribution in [3.8, 4) is 11.1 Å². The fourth-order valence-corrected chi connectivity index (χ4v) is 4.74. The Hall–Kier alpha value is -3.70. The molecule has 0 spiro atoms. The van der Waals surface area contributed by atoms with Gasteiger partial charge in [0.15, 0.2) is 0 Å². The lowest BCUT2D eigenvalue weighted by atomic mass is 9.97. The first-order chi connectivity index (χ1) is 15.7. The molecule has 2 aromatic carbocycles. The number of rotatable bonds is 4. The van der Waals surface area contributed by atoms with Crippen LogP contribution < -0.4 is 5.32 Å². The Morgan fingerprint density at radius 2 is 1.84 bits per heavy atom. The Balaban J connectivity index is 1.25. The summed E-state index contributed by atoms with van der Waals surface area (Å²) in [5.41, 5.74) is 9.52. The fraction of sp³-hybridized carbons (Fsp3) is 0.185. The van der Waals surface area contributed by atoms with E-state index in [2.05, 4.69) is 75.9 Å². The number of hydrogen-bond acceptors (Lipinski definition) is 3. The summed E-state index contributed by atoms with van der Waals surface area (Å²) < 4.78 is 0. The second-order valence-electron chi connectivity index (χ2n) is 8.58. The Morgan fingerprint density at radius 3 is 2.72 bits per heavy atom. The third-order valence-electron chi connectivity index (χ3n) is 6.44. The summed E-state index contributed by atoms with van der Waals surface area (Å²) in [6.45, 7) is 2.89. The number of hydrogen-bond donors (Lipinski definition) is 2. The largest absolute Gasteiger partial charge is 0.361 e. The van der Waals surface area contributed by atoms with E-state index in [0.717, 1.165) is 48.4 Å². The average Bonchev–Trinajstić information content (AvgIpc) is 3.45. The van der Waals surface area contributed by atoms with Crippen LogP contribution in [0.2, 0.25) is 0 Å². The summed E-state index contributed by atoms with van der Waals surface area (Å²) in [6, 6.07) is 19.6. The molecule has 0 atom stereocenters. The van der Waals surface area contributed by atoms with Crippen molar-refractivity contribution in [3.05, 3.63) is 95.5 Å². The second-order valence-corrected chi connectivity index (χ2v) is 8.58. The first-order valence-electron chi connectivity index (χ1n) is 11.1. The van der Waals surface area contributed by atoms with Crippen LogP contribution in [0.5, 0.6) is 0 Å². The van der Waals surface area contributed by atoms with Crippen LogP contribution >= 0.6 is 0 Å². The smallest absolute Gasteiger partial charge is 0.234 e. The molecule has 0 saturated carbocycles. The minimum absolute atomic E-state index is 0.108. The SMILES string of the molecule is O=C1CN(Cc2ccc(-c3cnc4c(c3)C(c3ccc5[nH]ccc5c3)=CC4)cc2)CCN1. The number of pyridine rings is 1. The molecule has 5 nitrogen and oxygen atoms in total. The number of fused-ring (bicyclic) bond motifs is 2. The first-order valence-corrected chi connectivity index (χ1v) is 11.1. The van der Waals surface area contributed by atoms with Gasteiger partial charge in [-0.05, 0) is 51.9 Å². The van der Waals surface area contributed by atoms with Crippen LogP contribution in [0.3, 0.4) is 0 Å². The summed E-state index contributed by atoms with van der Waals surface area (Å²) in [7, 11) is 0. The number of benzene rings is 2. The predicted molar refractivity (Wildman–Crippen MR) is 127 cm³/mol. The molecule has 2 N–H and O–H groups in total. The van der Waals surface area contributed by atoms with E-state index in [1.165, 1.54) is 27.6 Å². The molecular weight excluding hydrogens is 396 g/mol. The summed E-state index contributed by atoms with van der Waals surface area (Å²) in [6.07, 6.45) is 7.12. The number of amides is 1. The Kier molecular flexibility index (Phi) is 4.62. The molecule has 0 unspecified atom stereocenters. The van der Waals surface area contributed by atoms with Crippen molar-refractivity contribution in [1.82, 2.24) is 20.2 Å². The molecule has 2 aliphatic rings. The van der Waals surface area contributed by atoms with Gasteiger partial charge in [-0.3, -0.25) is 14.7 Å². The van der Waals surface area contributed by atoms with Gasteiger partial charge >= 0.3 is 0 Å². The minimum atomic E-state index is 0.108. The molecule has 6 rings (SSSR count). The van der Waals surface area contributed by atoms with Crippen molar-refractivity contribution in [2.45, 2.75) is 13.0 Å². The highest BCUT2D eigenvalue weighted by Crippen LogP contribution is 2.35. The van der Waals surface area contributed by atoms with Crippen LogP contribution in [0.1, 0.15) is 22.4 Å². The highest BCUT2D eigenvalue weighted by atomic mass is 16.2. The Labute approximate surface area is 186 Å². The number of nitrogens with zero attached hydrogens (tertiary/aromatic N) is 2. The number of carbonyl (C=O) groups is 1. The molecule has 1 fully saturated rings. The van der Waals surface area contributed by atoms with Crippen LogP contribution in [0.15, 0.2) is 73.1 Å². The first kappa shape index (κ1) is 19.0. The molecule has 1 aliphatic heterocycles. The summed E-state index contributed by atoms with van der Waals surface area (Å²) in [5.74, 6) is 0.108. The number of aromatic amines is 1. The van der Waals surface area contributed by atoms with E-state index in [-0.39, 0.29) is 5.91 Å². The predicted octanol–water partition coefficient (Wildman–Crippen LogP) is 4.15. The number of aromatic nitrogens is 2. The fourth-order valence-electron chi connectivity index (χ4n) is 4.74. The van der Waals surface area contributed by atoms with Crippen LogP contribution in [-0.2, 0) is 17.8 Å². The minimum Gasteiger partial charge on any atom is -0.361 e. The van der Waals surface area contributed by atoms with Gasteiger partial charge in [0.1, 0.15) is 0 Å². The van der Waals surface area contributed by atoms with Gasteiger partial charge in [-0.15, -0.1) is 0 Å². The number of H-pyrrole nitrogens is 1. The molecule has 1 aliphatic carbocycles. The van der Waals surface area contributed by atoms with Crippen molar-refractivity contribution in [1.29, 1.82) is 0 Å². The maximum Gasteiger partial charge on any atom is 0.234 e. The monoisotopic (exact) mass is 420 g/mol. The summed E-state index contributed by atoms with van der Waals surface area (Å²) in [4.78, 5) is 21.8. The van der Waals surface area contributed by atoms with E-state index >= 15 is 0 Å². The zero-order valence-corrected chi connectivity index (χ0v) is 17.8. The lowest BCUT2D eigenvalue weighted by Crippen LogP contribution is -2.47. The molecule has 5 heteroatoms. The van der Waals surface area contributed by atoms with Crippen molar-refractivity contribution in [3.63, 3.8) is 0 Å². The van der Waals surface area contributed by atoms with Gasteiger partial charge < -0.3 is 10.3 Å². The van der Waals surface area contributed by atoms with E-state index in [1.807, 2.05) is 12.4 Å². The van der Waals surface area contributed by atoms with Gasteiger partial charge in [-0.1, -0.05) is 36.4 Å². The lowest BCUT2D eigenvalue weighted by molar-refractivity contribution is -0.124. The van der Waals surface area contributed by atoms with Crippen LogP contribution in [0, 0.1) is 0 Å². The van der Waals surface area contributed by atoms with Gasteiger partial charge in [0.05, 0.1) is 12.2 Å². The molecule has 0 radical (unpaired) electrons. The number of piperazine rings is 1. The molecule has 2 aromatic heterocycles. The van der Waals surface area contributed by atoms with Crippen LogP contribution in [-0.4, -0.2) is 40.4 Å². The molecule has 4 aromatic rings. The Bertz CT molecular complexity index is 1350. The quantitative estimate of drug-likeness (QED) is 0.521. The van der Waals surface area contributed by atoms with Crippen molar-refractivity contribution in [2.75, 3.05) is 19.6 Å². The van der Waals surface area contributed by atoms with E-state index < -0.39 is 0 Å². The zero-order chi connectivity index (χ0) is 21.5. The van der Waals surface area contributed by atoms with E-state index in [4.69, 9.17) is 4.98 Å². The van der Waals surface area contributed by atoms with Crippen molar-refractivity contribution in [2.24, 2.45) is 0 Å². The van der Waals surface area contributed by atoms with E-state index in [0.29, 0.717) is 6.54 Å². The maximum absolute atomic E-state index is 11.6. The third kappa shape index (κ3) is 3.51. The second kappa shape index (κ2) is 7.77. The van der Waals surface area contributed by atoms with Crippen LogP contribution in [0.4, 0.5) is 0 Å². The third-order valence-corrected chi connectivity index (χ3v) is 6.44. The van der Waals surface area contributed by atoms with Crippen LogP contribution in [0.25, 0.3) is 27.6 Å². The molecule has 1 amide bonds. The Morgan fingerprint density at radius 1 is 0.969 bits per heavy atom. The molecular formula is C27H24N4O. The van der Waals surface area contributed by atoms with E-state index in [1.54, 1.807) is 0 Å². The molecule has 32 heavy (non-hydrogen) atoms. The number of carbonyl (C=O) groups excluding carboxylic acids is 1. The highest BCUT2D eigenvalue weighted by molar-refractivity contribution is 5.90. The maximum atomic E-state index is 11.6. The number of nitrogens with one attached hydrogen (secondary N) is 2. The van der Waals surface area contributed by atoms with Gasteiger partial charge in [-0.25, -0.2) is 0 Å².